The molecule has 0 aromatic heterocycles. The van der Waals surface area contributed by atoms with Crippen LogP contribution in [-0.4, -0.2) is 28.4 Å². The molecule has 0 bridgehead atoms. The first-order valence-electron chi connectivity index (χ1n) is 7.11. The molecule has 1 heterocycles. The zero-order chi connectivity index (χ0) is 14.7. The first-order valence-corrected chi connectivity index (χ1v) is 7.11. The van der Waals surface area contributed by atoms with Crippen molar-refractivity contribution in [2.24, 2.45) is 5.92 Å². The van der Waals surface area contributed by atoms with Crippen molar-refractivity contribution in [3.05, 3.63) is 35.4 Å². The molecule has 4 heteroatoms. The molecule has 1 N–H and O–H groups in total. The average molecular weight is 275 g/mol. The van der Waals surface area contributed by atoms with E-state index in [1.54, 1.807) is 0 Å². The number of aryl methyl sites for hydroxylation is 1. The number of β-amino-alcohol motifs (C(OH)–C–C–N with tert-alkyl or cyclic N) is 1. The smallest absolute Gasteiger partial charge is 0.229 e. The van der Waals surface area contributed by atoms with Crippen molar-refractivity contribution in [2.45, 2.75) is 39.2 Å². The molecule has 4 nitrogen and oxygen atoms in total. The summed E-state index contributed by atoms with van der Waals surface area (Å²) >= 11 is 0. The monoisotopic (exact) mass is 275 g/mol. The lowest BCUT2D eigenvalue weighted by Crippen LogP contribution is -2.44. The minimum Gasteiger partial charge on any atom is -0.387 e. The van der Waals surface area contributed by atoms with Crippen molar-refractivity contribution in [3.8, 4) is 0 Å². The summed E-state index contributed by atoms with van der Waals surface area (Å²) in [5.41, 5.74) is 1.93. The summed E-state index contributed by atoms with van der Waals surface area (Å²) in [5, 5.41) is 10.2. The topological polar surface area (TPSA) is 57.6 Å². The molecule has 1 aliphatic rings. The average Bonchev–Trinajstić information content (AvgIpc) is 2.42. The molecule has 108 valence electrons. The van der Waals surface area contributed by atoms with Gasteiger partial charge in [0.25, 0.3) is 0 Å². The van der Waals surface area contributed by atoms with Crippen molar-refractivity contribution in [3.63, 3.8) is 0 Å². The molecular formula is C16H21NO3. The number of nitrogens with zero attached hydrogens (tertiary/aromatic N) is 1. The number of imide groups is 1. The van der Waals surface area contributed by atoms with E-state index >= 15 is 0 Å². The van der Waals surface area contributed by atoms with Crippen LogP contribution in [0.5, 0.6) is 0 Å². The second-order valence-electron chi connectivity index (χ2n) is 5.52. The van der Waals surface area contributed by atoms with Gasteiger partial charge in [0.1, 0.15) is 0 Å². The summed E-state index contributed by atoms with van der Waals surface area (Å²) in [6.07, 6.45) is 0.889. The van der Waals surface area contributed by atoms with E-state index in [0.29, 0.717) is 12.8 Å². The van der Waals surface area contributed by atoms with Crippen LogP contribution in [-0.2, 0) is 16.0 Å². The van der Waals surface area contributed by atoms with Crippen LogP contribution < -0.4 is 0 Å². The van der Waals surface area contributed by atoms with Gasteiger partial charge < -0.3 is 5.11 Å². The largest absolute Gasteiger partial charge is 0.387 e. The Bertz CT molecular complexity index is 477. The first kappa shape index (κ1) is 14.7. The van der Waals surface area contributed by atoms with Gasteiger partial charge in [0.15, 0.2) is 0 Å². The highest BCUT2D eigenvalue weighted by molar-refractivity contribution is 5.97. The molecule has 1 unspecified atom stereocenters. The molecule has 1 aromatic rings. The van der Waals surface area contributed by atoms with Crippen LogP contribution >= 0.6 is 0 Å². The molecule has 1 aliphatic heterocycles. The maximum atomic E-state index is 11.9. The summed E-state index contributed by atoms with van der Waals surface area (Å²) in [5.74, 6) is -0.261. The van der Waals surface area contributed by atoms with Crippen LogP contribution in [0.4, 0.5) is 0 Å². The van der Waals surface area contributed by atoms with Crippen molar-refractivity contribution in [1.29, 1.82) is 0 Å². The molecule has 1 saturated heterocycles. The standard InChI is InChI=1S/C16H21NO3/c1-3-12-4-6-13(7-5-12)14(18)10-17-15(19)8-11(2)9-16(17)20/h4-7,11,14,18H,3,8-10H2,1-2H3. The third-order valence-corrected chi connectivity index (χ3v) is 3.78. The Kier molecular flexibility index (Phi) is 4.55. The van der Waals surface area contributed by atoms with Gasteiger partial charge in [-0.2, -0.15) is 0 Å². The number of amides is 2. The summed E-state index contributed by atoms with van der Waals surface area (Å²) in [6.45, 7) is 4.01. The number of benzene rings is 1. The Hall–Kier alpha value is -1.68. The normalized spacial score (nSPS) is 18.4. The van der Waals surface area contributed by atoms with Crippen LogP contribution in [0.3, 0.4) is 0 Å². The van der Waals surface area contributed by atoms with Crippen LogP contribution in [0.15, 0.2) is 24.3 Å². The van der Waals surface area contributed by atoms with E-state index in [0.717, 1.165) is 12.0 Å². The third-order valence-electron chi connectivity index (χ3n) is 3.78. The van der Waals surface area contributed by atoms with Gasteiger partial charge >= 0.3 is 0 Å². The van der Waals surface area contributed by atoms with E-state index in [9.17, 15) is 14.7 Å². The van der Waals surface area contributed by atoms with E-state index < -0.39 is 6.10 Å². The number of rotatable bonds is 4. The molecular weight excluding hydrogens is 254 g/mol. The minimum absolute atomic E-state index is 0.0514. The SMILES string of the molecule is CCc1ccc(C(O)CN2C(=O)CC(C)CC2=O)cc1. The highest BCUT2D eigenvalue weighted by Crippen LogP contribution is 2.22. The maximum Gasteiger partial charge on any atom is 0.229 e. The quantitative estimate of drug-likeness (QED) is 0.856. The van der Waals surface area contributed by atoms with Crippen molar-refractivity contribution in [2.75, 3.05) is 6.54 Å². The fourth-order valence-electron chi connectivity index (χ4n) is 2.49. The second-order valence-corrected chi connectivity index (χ2v) is 5.52. The highest BCUT2D eigenvalue weighted by atomic mass is 16.3. The Morgan fingerprint density at radius 1 is 1.20 bits per heavy atom. The molecule has 1 atom stereocenters. The Morgan fingerprint density at radius 3 is 2.25 bits per heavy atom. The lowest BCUT2D eigenvalue weighted by Gasteiger charge is -2.30. The molecule has 2 rings (SSSR count). The third kappa shape index (κ3) is 3.25. The van der Waals surface area contributed by atoms with Crippen LogP contribution in [0.1, 0.15) is 43.9 Å². The fraction of sp³-hybridized carbons (Fsp3) is 0.500. The molecule has 1 aromatic carbocycles. The molecule has 2 amide bonds. The number of carbonyl (C=O) groups excluding carboxylic acids is 2. The molecule has 0 saturated carbocycles. The van der Waals surface area contributed by atoms with Gasteiger partial charge in [-0.1, -0.05) is 38.1 Å². The molecule has 1 fully saturated rings. The van der Waals surface area contributed by atoms with Gasteiger partial charge in [0, 0.05) is 12.8 Å². The van der Waals surface area contributed by atoms with Crippen molar-refractivity contribution < 1.29 is 14.7 Å². The van der Waals surface area contributed by atoms with Crippen molar-refractivity contribution >= 4 is 11.8 Å². The van der Waals surface area contributed by atoms with Gasteiger partial charge in [-0.3, -0.25) is 14.5 Å². The highest BCUT2D eigenvalue weighted by Gasteiger charge is 2.31. The number of aliphatic hydroxyl groups is 1. The van der Waals surface area contributed by atoms with E-state index in [-0.39, 0.29) is 24.3 Å². The van der Waals surface area contributed by atoms with Gasteiger partial charge in [-0.05, 0) is 23.5 Å². The minimum atomic E-state index is -0.817. The van der Waals surface area contributed by atoms with E-state index in [1.165, 1.54) is 10.5 Å². The first-order chi connectivity index (χ1) is 9.51. The maximum absolute atomic E-state index is 11.9. The zero-order valence-corrected chi connectivity index (χ0v) is 12.0. The number of piperidine rings is 1. The van der Waals surface area contributed by atoms with Crippen LogP contribution in [0.2, 0.25) is 0 Å². The summed E-state index contributed by atoms with van der Waals surface area (Å²) in [4.78, 5) is 24.9. The number of hydrogen-bond acceptors (Lipinski definition) is 3. The van der Waals surface area contributed by atoms with Crippen LogP contribution in [0.25, 0.3) is 0 Å². The lowest BCUT2D eigenvalue weighted by molar-refractivity contribution is -0.151. The Morgan fingerprint density at radius 2 is 1.75 bits per heavy atom. The van der Waals surface area contributed by atoms with Gasteiger partial charge in [0.05, 0.1) is 12.6 Å². The number of likely N-dealkylation sites (tertiary alicyclic amines) is 1. The summed E-state index contributed by atoms with van der Waals surface area (Å²) in [6, 6.07) is 7.62. The van der Waals surface area contributed by atoms with E-state index in [1.807, 2.05) is 31.2 Å². The molecule has 0 aliphatic carbocycles. The van der Waals surface area contributed by atoms with E-state index in [2.05, 4.69) is 6.92 Å². The van der Waals surface area contributed by atoms with Gasteiger partial charge in [0.2, 0.25) is 11.8 Å². The van der Waals surface area contributed by atoms with Crippen molar-refractivity contribution in [1.82, 2.24) is 4.90 Å². The van der Waals surface area contributed by atoms with Gasteiger partial charge in [-0.25, -0.2) is 0 Å². The van der Waals surface area contributed by atoms with Crippen LogP contribution in [0, 0.1) is 5.92 Å². The predicted molar refractivity (Wildman–Crippen MR) is 75.9 cm³/mol. The van der Waals surface area contributed by atoms with Gasteiger partial charge in [-0.15, -0.1) is 0 Å². The zero-order valence-electron chi connectivity index (χ0n) is 12.0. The Balaban J connectivity index is 2.04. The lowest BCUT2D eigenvalue weighted by atomic mass is 9.97. The number of carbonyl (C=O) groups is 2. The Labute approximate surface area is 119 Å². The molecule has 0 spiro atoms. The number of aliphatic hydroxyl groups excluding tert-OH is 1. The van der Waals surface area contributed by atoms with E-state index in [4.69, 9.17) is 0 Å². The fourth-order valence-corrected chi connectivity index (χ4v) is 2.49. The molecule has 0 radical (unpaired) electrons. The molecule has 20 heavy (non-hydrogen) atoms. The number of hydrogen-bond donors (Lipinski definition) is 1. The summed E-state index contributed by atoms with van der Waals surface area (Å²) in [7, 11) is 0. The second kappa shape index (κ2) is 6.18. The predicted octanol–water partition coefficient (Wildman–Crippen LogP) is 2.07. The summed E-state index contributed by atoms with van der Waals surface area (Å²) < 4.78 is 0.